The second-order valence-electron chi connectivity index (χ2n) is 2.43. The zero-order chi connectivity index (χ0) is 9.35. The smallest absolute Gasteiger partial charge is 0.744 e. The van der Waals surface area contributed by atoms with Gasteiger partial charge in [-0.1, -0.05) is 6.07 Å². The molecule has 0 bridgehead atoms. The summed E-state index contributed by atoms with van der Waals surface area (Å²) in [5, 5.41) is 8.99. The molecule has 0 saturated heterocycles. The Morgan fingerprint density at radius 3 is 2.31 bits per heavy atom. The van der Waals surface area contributed by atoms with Crippen LogP contribution in [0.1, 0.15) is 5.56 Å². The molecule has 0 saturated carbocycles. The topological polar surface area (TPSA) is 77.4 Å². The molecule has 4 nitrogen and oxygen atoms in total. The van der Waals surface area contributed by atoms with E-state index in [-0.39, 0.29) is 22.4 Å². The Kier molecular flexibility index (Phi) is 4.15. The average Bonchev–Trinajstić information content (AvgIpc) is 1.92. The molecule has 1 aromatic rings. The van der Waals surface area contributed by atoms with E-state index in [1.807, 2.05) is 0 Å². The van der Waals surface area contributed by atoms with Crippen LogP contribution in [0.4, 0.5) is 0 Å². The number of rotatable bonds is 1. The second kappa shape index (κ2) is 4.26. The number of hydrogen-bond donors (Lipinski definition) is 1. The van der Waals surface area contributed by atoms with Crippen molar-refractivity contribution in [3.8, 4) is 5.75 Å². The summed E-state index contributed by atoms with van der Waals surface area (Å²) in [5.74, 6) is -0.504. The predicted octanol–water partition coefficient (Wildman–Crippen LogP) is 0.602. The first kappa shape index (κ1) is 12.7. The third kappa shape index (κ3) is 3.13. The minimum Gasteiger partial charge on any atom is -0.744 e. The monoisotopic (exact) mass is 294 g/mol. The quantitative estimate of drug-likeness (QED) is 0.608. The van der Waals surface area contributed by atoms with Gasteiger partial charge in [-0.05, 0) is 24.6 Å². The summed E-state index contributed by atoms with van der Waals surface area (Å²) in [6.45, 7) is 1.63. The molecule has 0 amide bonds. The number of phenols is 1. The molecular weight excluding hydrogens is 288 g/mol. The summed E-state index contributed by atoms with van der Waals surface area (Å²) in [5.41, 5.74) is 0.613. The Morgan fingerprint density at radius 1 is 1.38 bits per heavy atom. The van der Waals surface area contributed by atoms with E-state index in [2.05, 4.69) is 0 Å². The maximum atomic E-state index is 10.5. The SMILES string of the molecule is Cc1ccc(O)c(S(=O)(=O)[O-])c1.[Ag+]. The van der Waals surface area contributed by atoms with E-state index in [0.717, 1.165) is 6.07 Å². The van der Waals surface area contributed by atoms with Crippen molar-refractivity contribution in [2.24, 2.45) is 0 Å². The van der Waals surface area contributed by atoms with Gasteiger partial charge in [0.25, 0.3) is 0 Å². The molecule has 0 heterocycles. The van der Waals surface area contributed by atoms with Crippen LogP contribution in [-0.2, 0) is 32.5 Å². The second-order valence-corrected chi connectivity index (χ2v) is 3.77. The molecule has 6 heteroatoms. The Bertz CT molecular complexity index is 399. The number of aryl methyl sites for hydroxylation is 1. The first-order chi connectivity index (χ1) is 5.41. The molecule has 0 radical (unpaired) electrons. The fourth-order valence-corrected chi connectivity index (χ4v) is 1.48. The molecule has 0 spiro atoms. The van der Waals surface area contributed by atoms with Gasteiger partial charge in [-0.2, -0.15) is 0 Å². The molecule has 1 N–H and O–H groups in total. The third-order valence-electron chi connectivity index (χ3n) is 1.38. The Balaban J connectivity index is 0.00000144. The summed E-state index contributed by atoms with van der Waals surface area (Å²) in [6.07, 6.45) is 0. The molecule has 0 fully saturated rings. The van der Waals surface area contributed by atoms with Crippen molar-refractivity contribution < 1.29 is 40.5 Å². The molecule has 1 aromatic carbocycles. The maximum absolute atomic E-state index is 10.5. The standard InChI is InChI=1S/C7H8O4S.Ag/c1-5-2-3-6(8)7(4-5)12(9,10)11;/h2-4,8H,1H3,(H,9,10,11);/q;+1/p-1. The fraction of sp³-hybridized carbons (Fsp3) is 0.143. The molecule has 1 rings (SSSR count). The van der Waals surface area contributed by atoms with Crippen LogP contribution in [0.15, 0.2) is 23.1 Å². The molecule has 13 heavy (non-hydrogen) atoms. The van der Waals surface area contributed by atoms with Gasteiger partial charge in [0.1, 0.15) is 15.9 Å². The van der Waals surface area contributed by atoms with Gasteiger partial charge in [0, 0.05) is 0 Å². The van der Waals surface area contributed by atoms with Crippen molar-refractivity contribution in [1.82, 2.24) is 0 Å². The van der Waals surface area contributed by atoms with Crippen LogP contribution in [0.2, 0.25) is 0 Å². The number of phenolic OH excluding ortho intramolecular Hbond substituents is 1. The summed E-state index contributed by atoms with van der Waals surface area (Å²) in [6, 6.07) is 3.84. The van der Waals surface area contributed by atoms with Gasteiger partial charge in [0.15, 0.2) is 0 Å². The average molecular weight is 295 g/mol. The molecule has 0 unspecified atom stereocenters. The van der Waals surface area contributed by atoms with E-state index < -0.39 is 20.8 Å². The van der Waals surface area contributed by atoms with Crippen molar-refractivity contribution in [3.63, 3.8) is 0 Å². The molecule has 76 valence electrons. The molecular formula is C7H7AgO4S. The molecule has 0 atom stereocenters. The van der Waals surface area contributed by atoms with Gasteiger partial charge in [-0.3, -0.25) is 0 Å². The van der Waals surface area contributed by atoms with Crippen LogP contribution in [0, 0.1) is 6.92 Å². The minimum atomic E-state index is -4.56. The van der Waals surface area contributed by atoms with E-state index in [0.29, 0.717) is 5.56 Å². The summed E-state index contributed by atoms with van der Waals surface area (Å²) >= 11 is 0. The van der Waals surface area contributed by atoms with Crippen molar-refractivity contribution in [2.45, 2.75) is 11.8 Å². The van der Waals surface area contributed by atoms with E-state index in [4.69, 9.17) is 5.11 Å². The van der Waals surface area contributed by atoms with E-state index >= 15 is 0 Å². The fourth-order valence-electron chi connectivity index (χ4n) is 0.822. The number of hydrogen-bond acceptors (Lipinski definition) is 4. The van der Waals surface area contributed by atoms with E-state index in [1.54, 1.807) is 6.92 Å². The van der Waals surface area contributed by atoms with Gasteiger partial charge in [0.05, 0.1) is 4.90 Å². The van der Waals surface area contributed by atoms with Gasteiger partial charge in [-0.15, -0.1) is 0 Å². The third-order valence-corrected chi connectivity index (χ3v) is 2.25. The maximum Gasteiger partial charge on any atom is 1.00 e. The molecule has 0 aliphatic carbocycles. The summed E-state index contributed by atoms with van der Waals surface area (Å²) < 4.78 is 31.5. The van der Waals surface area contributed by atoms with Crippen LogP contribution in [-0.4, -0.2) is 18.1 Å². The molecule has 0 aliphatic rings. The summed E-state index contributed by atoms with van der Waals surface area (Å²) in [4.78, 5) is -0.567. The van der Waals surface area contributed by atoms with Crippen molar-refractivity contribution >= 4 is 10.1 Å². The van der Waals surface area contributed by atoms with Gasteiger partial charge >= 0.3 is 22.4 Å². The molecule has 0 aliphatic heterocycles. The van der Waals surface area contributed by atoms with Gasteiger partial charge in [-0.25, -0.2) is 8.42 Å². The van der Waals surface area contributed by atoms with E-state index in [9.17, 15) is 13.0 Å². The Morgan fingerprint density at radius 2 is 1.92 bits per heavy atom. The first-order valence-corrected chi connectivity index (χ1v) is 4.57. The van der Waals surface area contributed by atoms with Gasteiger partial charge < -0.3 is 9.66 Å². The van der Waals surface area contributed by atoms with Crippen LogP contribution in [0.3, 0.4) is 0 Å². The zero-order valence-corrected chi connectivity index (χ0v) is 8.91. The van der Waals surface area contributed by atoms with E-state index in [1.165, 1.54) is 12.1 Å². The van der Waals surface area contributed by atoms with Crippen molar-refractivity contribution in [3.05, 3.63) is 23.8 Å². The Hall–Kier alpha value is -0.330. The minimum absolute atomic E-state index is 0. The van der Waals surface area contributed by atoms with Crippen LogP contribution >= 0.6 is 0 Å². The number of benzene rings is 1. The number of aromatic hydroxyl groups is 1. The van der Waals surface area contributed by atoms with Crippen LogP contribution < -0.4 is 0 Å². The zero-order valence-electron chi connectivity index (χ0n) is 6.61. The van der Waals surface area contributed by atoms with Crippen LogP contribution in [0.5, 0.6) is 5.75 Å². The normalized spacial score (nSPS) is 10.6. The molecule has 0 aromatic heterocycles. The Labute approximate surface area is 91.9 Å². The van der Waals surface area contributed by atoms with Crippen molar-refractivity contribution in [1.29, 1.82) is 0 Å². The predicted molar refractivity (Wildman–Crippen MR) is 40.8 cm³/mol. The largest absolute Gasteiger partial charge is 1.00 e. The van der Waals surface area contributed by atoms with Crippen molar-refractivity contribution in [2.75, 3.05) is 0 Å². The summed E-state index contributed by atoms with van der Waals surface area (Å²) in [7, 11) is -4.56. The first-order valence-electron chi connectivity index (χ1n) is 3.17. The van der Waals surface area contributed by atoms with Crippen LogP contribution in [0.25, 0.3) is 0 Å². The van der Waals surface area contributed by atoms with Gasteiger partial charge in [0.2, 0.25) is 0 Å².